The van der Waals surface area contributed by atoms with E-state index in [1.807, 2.05) is 36.4 Å². The number of hydrogen-bond donors (Lipinski definition) is 1. The summed E-state index contributed by atoms with van der Waals surface area (Å²) in [4.78, 5) is 17.5. The second-order valence-corrected chi connectivity index (χ2v) is 10.7. The Morgan fingerprint density at radius 1 is 0.912 bits per heavy atom. The summed E-state index contributed by atoms with van der Waals surface area (Å²) in [5.41, 5.74) is 2.28. The zero-order valence-electron chi connectivity index (χ0n) is 19.5. The topological polar surface area (TPSA) is 86.1 Å². The first-order chi connectivity index (χ1) is 16.3. The SMILES string of the molecule is CN(C)S(=O)(=O)c1ccc(C(=O)Nc2ccc(CN3CCN(Cc4ccco4)CC3)cc2)cc1. The number of piperazine rings is 1. The molecule has 4 rings (SSSR count). The standard InChI is InChI=1S/C25H30N4O4S/c1-27(2)34(31,32)24-11-7-21(8-12-24)25(30)26-22-9-5-20(6-10-22)18-28-13-15-29(16-14-28)19-23-4-3-17-33-23/h3-12,17H,13-16,18-19H2,1-2H3,(H,26,30). The lowest BCUT2D eigenvalue weighted by Gasteiger charge is -2.34. The molecule has 1 aromatic heterocycles. The van der Waals surface area contributed by atoms with Gasteiger partial charge in [-0.15, -0.1) is 0 Å². The van der Waals surface area contributed by atoms with Crippen molar-refractivity contribution in [1.29, 1.82) is 0 Å². The lowest BCUT2D eigenvalue weighted by molar-refractivity contribution is 0.102. The van der Waals surface area contributed by atoms with E-state index in [2.05, 4.69) is 15.1 Å². The first kappa shape index (κ1) is 24.2. The molecule has 3 aromatic rings. The summed E-state index contributed by atoms with van der Waals surface area (Å²) in [6.07, 6.45) is 1.71. The molecule has 8 nitrogen and oxygen atoms in total. The number of nitrogens with one attached hydrogen (secondary N) is 1. The number of anilines is 1. The average molecular weight is 483 g/mol. The zero-order valence-corrected chi connectivity index (χ0v) is 20.3. The molecule has 1 N–H and O–H groups in total. The van der Waals surface area contributed by atoms with Gasteiger partial charge in [-0.05, 0) is 54.1 Å². The quantitative estimate of drug-likeness (QED) is 0.531. The van der Waals surface area contributed by atoms with E-state index in [0.717, 1.165) is 49.3 Å². The van der Waals surface area contributed by atoms with Crippen molar-refractivity contribution in [3.05, 3.63) is 83.8 Å². The van der Waals surface area contributed by atoms with E-state index < -0.39 is 10.0 Å². The van der Waals surface area contributed by atoms with Gasteiger partial charge >= 0.3 is 0 Å². The predicted octanol–water partition coefficient (Wildman–Crippen LogP) is 3.10. The number of sulfonamides is 1. The van der Waals surface area contributed by atoms with E-state index in [-0.39, 0.29) is 10.8 Å². The van der Waals surface area contributed by atoms with E-state index in [4.69, 9.17) is 4.42 Å². The molecule has 2 aromatic carbocycles. The molecule has 1 aliphatic rings. The van der Waals surface area contributed by atoms with E-state index in [1.54, 1.807) is 6.26 Å². The van der Waals surface area contributed by atoms with E-state index in [9.17, 15) is 13.2 Å². The number of furan rings is 1. The third kappa shape index (κ3) is 5.92. The maximum absolute atomic E-state index is 12.6. The van der Waals surface area contributed by atoms with Crippen molar-refractivity contribution in [1.82, 2.24) is 14.1 Å². The highest BCUT2D eigenvalue weighted by atomic mass is 32.2. The van der Waals surface area contributed by atoms with Gasteiger partial charge in [0.15, 0.2) is 0 Å². The molecule has 1 aliphatic heterocycles. The highest BCUT2D eigenvalue weighted by Crippen LogP contribution is 2.17. The molecule has 0 bridgehead atoms. The van der Waals surface area contributed by atoms with E-state index in [1.165, 1.54) is 43.9 Å². The molecule has 34 heavy (non-hydrogen) atoms. The van der Waals surface area contributed by atoms with Gasteiger partial charge in [-0.2, -0.15) is 0 Å². The van der Waals surface area contributed by atoms with Crippen LogP contribution in [-0.2, 0) is 23.1 Å². The maximum Gasteiger partial charge on any atom is 0.255 e. The molecular weight excluding hydrogens is 452 g/mol. The minimum atomic E-state index is -3.52. The Hall–Kier alpha value is -2.98. The fourth-order valence-electron chi connectivity index (χ4n) is 3.87. The Bertz CT molecular complexity index is 1180. The summed E-state index contributed by atoms with van der Waals surface area (Å²) in [5, 5.41) is 2.87. The maximum atomic E-state index is 12.6. The molecule has 1 amide bonds. The van der Waals surface area contributed by atoms with Crippen molar-refractivity contribution in [2.75, 3.05) is 45.6 Å². The summed E-state index contributed by atoms with van der Waals surface area (Å²) < 4.78 is 30.9. The van der Waals surface area contributed by atoms with Crippen LogP contribution >= 0.6 is 0 Å². The van der Waals surface area contributed by atoms with Crippen molar-refractivity contribution in [3.8, 4) is 0 Å². The first-order valence-corrected chi connectivity index (χ1v) is 12.7. The molecule has 1 saturated heterocycles. The van der Waals surface area contributed by atoms with Crippen LogP contribution in [0, 0.1) is 0 Å². The molecule has 180 valence electrons. The molecular formula is C25H30N4O4S. The van der Waals surface area contributed by atoms with E-state index >= 15 is 0 Å². The smallest absolute Gasteiger partial charge is 0.255 e. The molecule has 0 aliphatic carbocycles. The zero-order chi connectivity index (χ0) is 24.1. The lowest BCUT2D eigenvalue weighted by Crippen LogP contribution is -2.45. The minimum Gasteiger partial charge on any atom is -0.468 e. The van der Waals surface area contributed by atoms with Gasteiger partial charge in [-0.25, -0.2) is 12.7 Å². The third-order valence-corrected chi connectivity index (χ3v) is 7.77. The molecule has 0 radical (unpaired) electrons. The van der Waals surface area contributed by atoms with Gasteiger partial charge in [0.25, 0.3) is 5.91 Å². The van der Waals surface area contributed by atoms with Gasteiger partial charge in [0.1, 0.15) is 5.76 Å². The fraction of sp³-hybridized carbons (Fsp3) is 0.320. The molecule has 1 fully saturated rings. The summed E-state index contributed by atoms with van der Waals surface area (Å²) in [7, 11) is -0.571. The summed E-state index contributed by atoms with van der Waals surface area (Å²) in [6, 6.07) is 17.7. The van der Waals surface area contributed by atoms with Crippen molar-refractivity contribution >= 4 is 21.6 Å². The van der Waals surface area contributed by atoms with Gasteiger partial charge in [-0.1, -0.05) is 12.1 Å². The number of amides is 1. The van der Waals surface area contributed by atoms with Gasteiger partial charge in [0, 0.05) is 58.1 Å². The Morgan fingerprint density at radius 2 is 1.53 bits per heavy atom. The molecule has 0 atom stereocenters. The fourth-order valence-corrected chi connectivity index (χ4v) is 4.77. The number of carbonyl (C=O) groups excluding carboxylic acids is 1. The van der Waals surface area contributed by atoms with Crippen LogP contribution in [0.1, 0.15) is 21.7 Å². The Kier molecular flexibility index (Phi) is 7.47. The van der Waals surface area contributed by atoms with Crippen molar-refractivity contribution in [3.63, 3.8) is 0 Å². The first-order valence-electron chi connectivity index (χ1n) is 11.2. The number of carbonyl (C=O) groups is 1. The highest BCUT2D eigenvalue weighted by Gasteiger charge is 2.19. The van der Waals surface area contributed by atoms with Crippen molar-refractivity contribution in [2.24, 2.45) is 0 Å². The number of rotatable bonds is 8. The van der Waals surface area contributed by atoms with Crippen LogP contribution in [0.15, 0.2) is 76.2 Å². The predicted molar refractivity (Wildman–Crippen MR) is 131 cm³/mol. The summed E-state index contributed by atoms with van der Waals surface area (Å²) in [6.45, 7) is 5.72. The van der Waals surface area contributed by atoms with Gasteiger partial charge in [0.2, 0.25) is 10.0 Å². The van der Waals surface area contributed by atoms with Crippen LogP contribution in [0.3, 0.4) is 0 Å². The van der Waals surface area contributed by atoms with Crippen LogP contribution in [0.2, 0.25) is 0 Å². The van der Waals surface area contributed by atoms with Crippen LogP contribution in [0.25, 0.3) is 0 Å². The summed E-state index contributed by atoms with van der Waals surface area (Å²) in [5.74, 6) is 0.717. The van der Waals surface area contributed by atoms with Crippen LogP contribution in [-0.4, -0.2) is 68.7 Å². The Balaban J connectivity index is 1.27. The second-order valence-electron chi connectivity index (χ2n) is 8.59. The highest BCUT2D eigenvalue weighted by molar-refractivity contribution is 7.89. The minimum absolute atomic E-state index is 0.153. The average Bonchev–Trinajstić information content (AvgIpc) is 3.34. The van der Waals surface area contributed by atoms with Crippen molar-refractivity contribution < 1.29 is 17.6 Å². The molecule has 2 heterocycles. The lowest BCUT2D eigenvalue weighted by atomic mass is 10.1. The van der Waals surface area contributed by atoms with Crippen LogP contribution in [0.5, 0.6) is 0 Å². The number of nitrogens with zero attached hydrogens (tertiary/aromatic N) is 3. The van der Waals surface area contributed by atoms with Crippen molar-refractivity contribution in [2.45, 2.75) is 18.0 Å². The monoisotopic (exact) mass is 482 g/mol. The van der Waals surface area contributed by atoms with Gasteiger partial charge in [0.05, 0.1) is 17.7 Å². The number of benzene rings is 2. The van der Waals surface area contributed by atoms with Gasteiger partial charge in [-0.3, -0.25) is 14.6 Å². The molecule has 9 heteroatoms. The molecule has 0 unspecified atom stereocenters. The van der Waals surface area contributed by atoms with Crippen LogP contribution in [0.4, 0.5) is 5.69 Å². The summed E-state index contributed by atoms with van der Waals surface area (Å²) >= 11 is 0. The Morgan fingerprint density at radius 3 is 2.09 bits per heavy atom. The number of hydrogen-bond acceptors (Lipinski definition) is 6. The Labute approximate surface area is 200 Å². The van der Waals surface area contributed by atoms with Gasteiger partial charge < -0.3 is 9.73 Å². The normalized spacial score (nSPS) is 15.5. The van der Waals surface area contributed by atoms with Crippen LogP contribution < -0.4 is 5.32 Å². The van der Waals surface area contributed by atoms with E-state index in [0.29, 0.717) is 11.3 Å². The molecule has 0 saturated carbocycles. The largest absolute Gasteiger partial charge is 0.468 e. The second kappa shape index (κ2) is 10.5. The third-order valence-electron chi connectivity index (χ3n) is 5.94. The molecule has 0 spiro atoms.